The molecule has 0 aliphatic heterocycles. The standard InChI is InChI=1S/C61H39N7/c1-5-18-40(19-6-1)41-32-34-47(35-33-41)67-54-30-15-13-28-48(54)50-37-51-49-29-14-16-31-55(49)68(57(51)39-56(50)67)61-65-59(44-24-11-4-12-25-44)64-60(66-61)46-27-17-26-45(36-46)53-38-52(42-20-7-2-8-21-42)62-58(63-53)43-22-9-3-10-23-43/h1-39H. The van der Waals surface area contributed by atoms with Crippen LogP contribution >= 0.6 is 0 Å². The topological polar surface area (TPSA) is 74.3 Å². The van der Waals surface area contributed by atoms with Crippen molar-refractivity contribution in [3.8, 4) is 79.4 Å². The summed E-state index contributed by atoms with van der Waals surface area (Å²) in [5.41, 5.74) is 14.0. The summed E-state index contributed by atoms with van der Waals surface area (Å²) in [7, 11) is 0. The molecule has 4 heterocycles. The zero-order valence-electron chi connectivity index (χ0n) is 36.6. The lowest BCUT2D eigenvalue weighted by molar-refractivity contribution is 0.953. The third-order valence-electron chi connectivity index (χ3n) is 12.8. The largest absolute Gasteiger partial charge is 0.309 e. The van der Waals surface area contributed by atoms with Gasteiger partial charge in [-0.1, -0.05) is 188 Å². The van der Waals surface area contributed by atoms with Crippen LogP contribution in [0.25, 0.3) is 123 Å². The first-order valence-corrected chi connectivity index (χ1v) is 22.7. The predicted molar refractivity (Wildman–Crippen MR) is 277 cm³/mol. The molecule has 0 aliphatic carbocycles. The van der Waals surface area contributed by atoms with Gasteiger partial charge in [-0.3, -0.25) is 4.57 Å². The van der Waals surface area contributed by atoms with Crippen LogP contribution in [0, 0.1) is 0 Å². The van der Waals surface area contributed by atoms with E-state index >= 15 is 0 Å². The molecule has 9 aromatic carbocycles. The Kier molecular flexibility index (Phi) is 9.35. The number of aromatic nitrogens is 7. The summed E-state index contributed by atoms with van der Waals surface area (Å²) in [6, 6.07) is 82.2. The second-order valence-corrected chi connectivity index (χ2v) is 16.9. The Hall–Kier alpha value is -9.33. The Bertz CT molecular complexity index is 3940. The molecule has 4 aromatic heterocycles. The van der Waals surface area contributed by atoms with E-state index in [9.17, 15) is 0 Å². The summed E-state index contributed by atoms with van der Waals surface area (Å²) in [4.78, 5) is 26.1. The van der Waals surface area contributed by atoms with Gasteiger partial charge in [-0.05, 0) is 59.7 Å². The summed E-state index contributed by atoms with van der Waals surface area (Å²) >= 11 is 0. The van der Waals surface area contributed by atoms with Crippen LogP contribution in [0.15, 0.2) is 237 Å². The Morgan fingerprint density at radius 2 is 0.676 bits per heavy atom. The van der Waals surface area contributed by atoms with E-state index in [-0.39, 0.29) is 0 Å². The zero-order valence-corrected chi connectivity index (χ0v) is 36.6. The minimum Gasteiger partial charge on any atom is -0.309 e. The van der Waals surface area contributed by atoms with Crippen LogP contribution < -0.4 is 0 Å². The minimum atomic E-state index is 0.527. The van der Waals surface area contributed by atoms with Crippen molar-refractivity contribution in [3.05, 3.63) is 237 Å². The normalized spacial score (nSPS) is 11.5. The van der Waals surface area contributed by atoms with Gasteiger partial charge in [-0.15, -0.1) is 0 Å². The molecule has 7 heteroatoms. The smallest absolute Gasteiger partial charge is 0.238 e. The third-order valence-corrected chi connectivity index (χ3v) is 12.8. The maximum Gasteiger partial charge on any atom is 0.238 e. The van der Waals surface area contributed by atoms with Gasteiger partial charge in [-0.2, -0.15) is 9.97 Å². The molecule has 13 rings (SSSR count). The highest BCUT2D eigenvalue weighted by atomic mass is 15.2. The number of rotatable bonds is 8. The van der Waals surface area contributed by atoms with Crippen LogP contribution in [0.5, 0.6) is 0 Å². The molecular weight excluding hydrogens is 831 g/mol. The summed E-state index contributed by atoms with van der Waals surface area (Å²) in [5, 5.41) is 4.60. The molecule has 0 atom stereocenters. The Balaban J connectivity index is 1.01. The molecule has 0 radical (unpaired) electrons. The van der Waals surface area contributed by atoms with Gasteiger partial charge in [-0.25, -0.2) is 15.0 Å². The number of hydrogen-bond donors (Lipinski definition) is 0. The molecule has 0 unspecified atom stereocenters. The molecule has 318 valence electrons. The number of fused-ring (bicyclic) bond motifs is 6. The molecule has 0 saturated heterocycles. The van der Waals surface area contributed by atoms with E-state index in [4.69, 9.17) is 24.9 Å². The van der Waals surface area contributed by atoms with E-state index in [2.05, 4.69) is 161 Å². The highest BCUT2D eigenvalue weighted by Gasteiger charge is 2.22. The van der Waals surface area contributed by atoms with E-state index in [1.807, 2.05) is 84.9 Å². The molecule has 68 heavy (non-hydrogen) atoms. The highest BCUT2D eigenvalue weighted by Crippen LogP contribution is 2.40. The average Bonchev–Trinajstić information content (AvgIpc) is 3.93. The molecule has 0 saturated carbocycles. The Morgan fingerprint density at radius 1 is 0.235 bits per heavy atom. The third kappa shape index (κ3) is 6.80. The second kappa shape index (κ2) is 16.3. The lowest BCUT2D eigenvalue weighted by Crippen LogP contribution is -2.06. The van der Waals surface area contributed by atoms with E-state index in [1.54, 1.807) is 0 Å². The van der Waals surface area contributed by atoms with Gasteiger partial charge in [0.25, 0.3) is 0 Å². The highest BCUT2D eigenvalue weighted by molar-refractivity contribution is 6.19. The van der Waals surface area contributed by atoms with Crippen molar-refractivity contribution in [1.82, 2.24) is 34.1 Å². The Labute approximate surface area is 392 Å². The number of para-hydroxylation sites is 2. The van der Waals surface area contributed by atoms with E-state index in [0.29, 0.717) is 23.4 Å². The van der Waals surface area contributed by atoms with Gasteiger partial charge in [0.2, 0.25) is 5.95 Å². The van der Waals surface area contributed by atoms with Gasteiger partial charge in [0, 0.05) is 55.0 Å². The second-order valence-electron chi connectivity index (χ2n) is 16.9. The van der Waals surface area contributed by atoms with Crippen LogP contribution in [0.2, 0.25) is 0 Å². The van der Waals surface area contributed by atoms with Crippen LogP contribution in [-0.4, -0.2) is 34.1 Å². The lowest BCUT2D eigenvalue weighted by atomic mass is 10.0. The van der Waals surface area contributed by atoms with Crippen molar-refractivity contribution in [2.45, 2.75) is 0 Å². The maximum absolute atomic E-state index is 5.38. The van der Waals surface area contributed by atoms with Gasteiger partial charge in [0.15, 0.2) is 17.5 Å². The first kappa shape index (κ1) is 39.1. The van der Waals surface area contributed by atoms with Crippen molar-refractivity contribution in [1.29, 1.82) is 0 Å². The van der Waals surface area contributed by atoms with E-state index < -0.39 is 0 Å². The summed E-state index contributed by atoms with van der Waals surface area (Å²) in [5.74, 6) is 2.32. The number of nitrogens with zero attached hydrogens (tertiary/aromatic N) is 7. The molecule has 0 N–H and O–H groups in total. The van der Waals surface area contributed by atoms with Crippen molar-refractivity contribution in [2.24, 2.45) is 0 Å². The Morgan fingerprint density at radius 3 is 1.29 bits per heavy atom. The van der Waals surface area contributed by atoms with Crippen molar-refractivity contribution < 1.29 is 0 Å². The number of benzene rings is 9. The quantitative estimate of drug-likeness (QED) is 0.152. The predicted octanol–water partition coefficient (Wildman–Crippen LogP) is 14.9. The van der Waals surface area contributed by atoms with E-state index in [0.717, 1.165) is 77.7 Å². The van der Waals surface area contributed by atoms with Gasteiger partial charge < -0.3 is 4.57 Å². The molecule has 0 bridgehead atoms. The summed E-state index contributed by atoms with van der Waals surface area (Å²) in [6.07, 6.45) is 0. The fourth-order valence-electron chi connectivity index (χ4n) is 9.55. The summed E-state index contributed by atoms with van der Waals surface area (Å²) in [6.45, 7) is 0. The van der Waals surface area contributed by atoms with Crippen LogP contribution in [-0.2, 0) is 0 Å². The number of hydrogen-bond acceptors (Lipinski definition) is 5. The zero-order chi connectivity index (χ0) is 45.0. The SMILES string of the molecule is c1ccc(-c2ccc(-n3c4ccccc4c4cc5c6ccccc6n(-c6nc(-c7ccccc7)nc(-c7cccc(-c8cc(-c9ccccc9)nc(-c9ccccc9)n8)c7)n6)c5cc43)cc2)cc1. The fourth-order valence-corrected chi connectivity index (χ4v) is 9.55. The fraction of sp³-hybridized carbons (Fsp3) is 0. The molecule has 0 spiro atoms. The van der Waals surface area contributed by atoms with Gasteiger partial charge in [0.1, 0.15) is 0 Å². The molecule has 0 aliphatic rings. The van der Waals surface area contributed by atoms with Crippen molar-refractivity contribution in [3.63, 3.8) is 0 Å². The van der Waals surface area contributed by atoms with Gasteiger partial charge >= 0.3 is 0 Å². The first-order chi connectivity index (χ1) is 33.7. The van der Waals surface area contributed by atoms with Crippen molar-refractivity contribution in [2.75, 3.05) is 0 Å². The van der Waals surface area contributed by atoms with Crippen LogP contribution in [0.1, 0.15) is 0 Å². The van der Waals surface area contributed by atoms with Crippen LogP contribution in [0.3, 0.4) is 0 Å². The molecule has 7 nitrogen and oxygen atoms in total. The van der Waals surface area contributed by atoms with Crippen molar-refractivity contribution >= 4 is 43.6 Å². The lowest BCUT2D eigenvalue weighted by Gasteiger charge is -2.13. The molecule has 13 aromatic rings. The van der Waals surface area contributed by atoms with E-state index in [1.165, 1.54) is 21.9 Å². The molecule has 0 amide bonds. The first-order valence-electron chi connectivity index (χ1n) is 22.7. The molecule has 0 fully saturated rings. The summed E-state index contributed by atoms with van der Waals surface area (Å²) < 4.78 is 4.58. The molecular formula is C61H39N7. The maximum atomic E-state index is 5.38. The minimum absolute atomic E-state index is 0.527. The van der Waals surface area contributed by atoms with Crippen LogP contribution in [0.4, 0.5) is 0 Å². The average molecular weight is 870 g/mol. The monoisotopic (exact) mass is 869 g/mol. The van der Waals surface area contributed by atoms with Gasteiger partial charge in [0.05, 0.1) is 33.5 Å².